The van der Waals surface area contributed by atoms with Crippen LogP contribution in [-0.4, -0.2) is 48.1 Å². The monoisotopic (exact) mass is 250 g/mol. The molecule has 0 aromatic heterocycles. The maximum atomic E-state index is 2.86. The Bertz CT molecular complexity index is 278. The Hall–Kier alpha value is -0.0800. The van der Waals surface area contributed by atoms with E-state index in [4.69, 9.17) is 0 Å². The summed E-state index contributed by atoms with van der Waals surface area (Å²) in [7, 11) is 0. The molecule has 4 unspecified atom stereocenters. The van der Waals surface area contributed by atoms with Gasteiger partial charge in [0.2, 0.25) is 0 Å². The van der Waals surface area contributed by atoms with E-state index in [1.54, 1.807) is 0 Å². The topological polar surface area (TPSA) is 6.48 Å². The lowest BCUT2D eigenvalue weighted by molar-refractivity contribution is 0.0347. The number of hydrogen-bond donors (Lipinski definition) is 0. The van der Waals surface area contributed by atoms with Crippen molar-refractivity contribution >= 4 is 0 Å². The normalized spacial score (nSPS) is 42.3. The van der Waals surface area contributed by atoms with Crippen molar-refractivity contribution in [3.05, 3.63) is 0 Å². The van der Waals surface area contributed by atoms with Gasteiger partial charge in [-0.15, -0.1) is 0 Å². The number of fused-ring (bicyclic) bond motifs is 1. The van der Waals surface area contributed by atoms with Crippen molar-refractivity contribution in [3.63, 3.8) is 0 Å². The van der Waals surface area contributed by atoms with Crippen LogP contribution in [0.5, 0.6) is 0 Å². The summed E-state index contributed by atoms with van der Waals surface area (Å²) in [5.74, 6) is 1.97. The third-order valence-corrected chi connectivity index (χ3v) is 5.89. The van der Waals surface area contributed by atoms with Crippen molar-refractivity contribution in [2.45, 2.75) is 64.5 Å². The fourth-order valence-electron chi connectivity index (χ4n) is 4.55. The molecule has 3 fully saturated rings. The second-order valence-electron chi connectivity index (χ2n) is 6.98. The van der Waals surface area contributed by atoms with E-state index in [9.17, 15) is 0 Å². The van der Waals surface area contributed by atoms with E-state index >= 15 is 0 Å². The van der Waals surface area contributed by atoms with Crippen LogP contribution in [0.1, 0.15) is 52.4 Å². The summed E-state index contributed by atoms with van der Waals surface area (Å²) in [5, 5.41) is 0. The van der Waals surface area contributed by atoms with E-state index in [2.05, 4.69) is 23.6 Å². The maximum Gasteiger partial charge on any atom is 0.0224 e. The molecular formula is C16H30N2. The van der Waals surface area contributed by atoms with Crippen LogP contribution in [0, 0.1) is 11.8 Å². The Labute approximate surface area is 113 Å². The van der Waals surface area contributed by atoms with Gasteiger partial charge in [0.25, 0.3) is 0 Å². The molecule has 4 atom stereocenters. The van der Waals surface area contributed by atoms with Crippen LogP contribution >= 0.6 is 0 Å². The van der Waals surface area contributed by atoms with Gasteiger partial charge in [-0.1, -0.05) is 26.7 Å². The molecule has 2 heteroatoms. The maximum absolute atomic E-state index is 2.86. The quantitative estimate of drug-likeness (QED) is 0.760. The molecule has 104 valence electrons. The van der Waals surface area contributed by atoms with Gasteiger partial charge in [-0.25, -0.2) is 0 Å². The zero-order valence-electron chi connectivity index (χ0n) is 12.3. The second-order valence-corrected chi connectivity index (χ2v) is 6.98. The fraction of sp³-hybridized carbons (Fsp3) is 1.00. The molecule has 2 heterocycles. The molecule has 2 saturated heterocycles. The van der Waals surface area contributed by atoms with E-state index in [-0.39, 0.29) is 0 Å². The number of piperazine rings is 1. The lowest BCUT2D eigenvalue weighted by atomic mass is 9.95. The van der Waals surface area contributed by atoms with Crippen LogP contribution in [0.25, 0.3) is 0 Å². The Kier molecular flexibility index (Phi) is 3.95. The van der Waals surface area contributed by atoms with Crippen LogP contribution in [0.2, 0.25) is 0 Å². The summed E-state index contributed by atoms with van der Waals surface area (Å²) in [6, 6.07) is 1.73. The summed E-state index contributed by atoms with van der Waals surface area (Å²) in [6.07, 6.45) is 8.67. The Balaban J connectivity index is 1.62. The highest BCUT2D eigenvalue weighted by atomic mass is 15.3. The molecule has 0 aromatic carbocycles. The molecule has 0 aromatic rings. The van der Waals surface area contributed by atoms with Crippen molar-refractivity contribution in [2.24, 2.45) is 11.8 Å². The minimum Gasteiger partial charge on any atom is -0.298 e. The summed E-state index contributed by atoms with van der Waals surface area (Å²) < 4.78 is 0. The average Bonchev–Trinajstić information content (AvgIpc) is 2.98. The third-order valence-electron chi connectivity index (χ3n) is 5.89. The lowest BCUT2D eigenvalue weighted by Gasteiger charge is -2.45. The molecule has 0 radical (unpaired) electrons. The van der Waals surface area contributed by atoms with Crippen molar-refractivity contribution in [1.82, 2.24) is 9.80 Å². The highest BCUT2D eigenvalue weighted by Gasteiger charge is 2.37. The standard InChI is InChI=1S/C16H30N2/c1-3-15-11-17-9-5-8-16(17)12-18(15)10-14-7-4-6-13(14)2/h13-16H,3-12H2,1-2H3. The molecule has 0 spiro atoms. The van der Waals surface area contributed by atoms with E-state index in [0.717, 1.165) is 23.9 Å². The first-order valence-electron chi connectivity index (χ1n) is 8.26. The summed E-state index contributed by atoms with van der Waals surface area (Å²) in [6.45, 7) is 10.3. The van der Waals surface area contributed by atoms with Gasteiger partial charge in [-0.3, -0.25) is 9.80 Å². The van der Waals surface area contributed by atoms with E-state index in [1.807, 2.05) is 0 Å². The van der Waals surface area contributed by atoms with Crippen molar-refractivity contribution in [1.29, 1.82) is 0 Å². The number of hydrogen-bond acceptors (Lipinski definition) is 2. The molecule has 18 heavy (non-hydrogen) atoms. The smallest absolute Gasteiger partial charge is 0.0224 e. The summed E-state index contributed by atoms with van der Waals surface area (Å²) in [5.41, 5.74) is 0. The summed E-state index contributed by atoms with van der Waals surface area (Å²) in [4.78, 5) is 5.63. The van der Waals surface area contributed by atoms with Gasteiger partial charge in [0.15, 0.2) is 0 Å². The van der Waals surface area contributed by atoms with Crippen LogP contribution in [-0.2, 0) is 0 Å². The molecule has 0 bridgehead atoms. The Morgan fingerprint density at radius 1 is 1.06 bits per heavy atom. The molecule has 2 nitrogen and oxygen atoms in total. The van der Waals surface area contributed by atoms with Crippen LogP contribution in [0.4, 0.5) is 0 Å². The van der Waals surface area contributed by atoms with Crippen molar-refractivity contribution < 1.29 is 0 Å². The molecule has 3 rings (SSSR count). The minimum absolute atomic E-state index is 0.840. The SMILES string of the molecule is CCC1CN2CCCC2CN1CC1CCCC1C. The van der Waals surface area contributed by atoms with Gasteiger partial charge in [-0.2, -0.15) is 0 Å². The highest BCUT2D eigenvalue weighted by molar-refractivity contribution is 4.93. The second kappa shape index (κ2) is 5.50. The number of nitrogens with zero attached hydrogens (tertiary/aromatic N) is 2. The van der Waals surface area contributed by atoms with Gasteiger partial charge >= 0.3 is 0 Å². The van der Waals surface area contributed by atoms with Crippen LogP contribution in [0.3, 0.4) is 0 Å². The van der Waals surface area contributed by atoms with Crippen LogP contribution in [0.15, 0.2) is 0 Å². The molecular weight excluding hydrogens is 220 g/mol. The van der Waals surface area contributed by atoms with E-state index in [0.29, 0.717) is 0 Å². The Morgan fingerprint density at radius 2 is 1.94 bits per heavy atom. The van der Waals surface area contributed by atoms with Gasteiger partial charge in [0.1, 0.15) is 0 Å². The van der Waals surface area contributed by atoms with E-state index in [1.165, 1.54) is 64.7 Å². The highest BCUT2D eigenvalue weighted by Crippen LogP contribution is 2.34. The molecule has 0 amide bonds. The predicted molar refractivity (Wildman–Crippen MR) is 76.8 cm³/mol. The lowest BCUT2D eigenvalue weighted by Crippen LogP contribution is -2.56. The minimum atomic E-state index is 0.840. The summed E-state index contributed by atoms with van der Waals surface area (Å²) >= 11 is 0. The van der Waals surface area contributed by atoms with Gasteiger partial charge < -0.3 is 0 Å². The largest absolute Gasteiger partial charge is 0.298 e. The van der Waals surface area contributed by atoms with Gasteiger partial charge in [0.05, 0.1) is 0 Å². The fourth-order valence-corrected chi connectivity index (χ4v) is 4.55. The zero-order valence-corrected chi connectivity index (χ0v) is 12.3. The van der Waals surface area contributed by atoms with E-state index < -0.39 is 0 Å². The predicted octanol–water partition coefficient (Wildman–Crippen LogP) is 2.98. The number of rotatable bonds is 3. The van der Waals surface area contributed by atoms with Crippen molar-refractivity contribution in [3.8, 4) is 0 Å². The first kappa shape index (κ1) is 12.9. The molecule has 3 aliphatic rings. The third kappa shape index (κ3) is 2.46. The Morgan fingerprint density at radius 3 is 2.67 bits per heavy atom. The first-order chi connectivity index (χ1) is 8.78. The van der Waals surface area contributed by atoms with Gasteiger partial charge in [-0.05, 0) is 44.1 Å². The zero-order chi connectivity index (χ0) is 12.5. The molecule has 1 aliphatic carbocycles. The van der Waals surface area contributed by atoms with Crippen molar-refractivity contribution in [2.75, 3.05) is 26.2 Å². The van der Waals surface area contributed by atoms with Gasteiger partial charge in [0, 0.05) is 31.7 Å². The average molecular weight is 250 g/mol. The molecule has 0 N–H and O–H groups in total. The molecule has 1 saturated carbocycles. The van der Waals surface area contributed by atoms with Crippen LogP contribution < -0.4 is 0 Å². The first-order valence-corrected chi connectivity index (χ1v) is 8.26. The molecule has 2 aliphatic heterocycles.